The number of nitrogens with zero attached hydrogens (tertiary/aromatic N) is 1. The standard InChI is InChI=1S/C27H28FN3O6/c1-36-31(27(35)37-17-20-5-3-2-4-6-20)24(16-19-9-13-22(29)14-10-19)25(32)30-23(26(33)34)15-18-7-11-21(28)12-8-18/h2-14,23-24H,15-17,29H2,1H3,(H,30,32)(H,33,34)/t23-,24-/m0/s1. The first kappa shape index (κ1) is 27.2. The van der Waals surface area contributed by atoms with Crippen molar-refractivity contribution in [3.8, 4) is 0 Å². The van der Waals surface area contributed by atoms with Crippen molar-refractivity contribution < 1.29 is 33.5 Å². The van der Waals surface area contributed by atoms with Gasteiger partial charge in [0.15, 0.2) is 0 Å². The molecule has 9 nitrogen and oxygen atoms in total. The Hall–Kier alpha value is -4.44. The number of nitrogen functional groups attached to an aromatic ring is 1. The zero-order valence-corrected chi connectivity index (χ0v) is 20.2. The Morgan fingerprint density at radius 3 is 2.11 bits per heavy atom. The number of nitrogens with one attached hydrogen (secondary N) is 1. The SMILES string of the molecule is CON(C(=O)OCc1ccccc1)[C@@H](Cc1ccc(N)cc1)C(=O)N[C@@H](Cc1ccc(F)cc1)C(=O)O. The lowest BCUT2D eigenvalue weighted by molar-refractivity contribution is -0.160. The monoisotopic (exact) mass is 509 g/mol. The van der Waals surface area contributed by atoms with Crippen LogP contribution < -0.4 is 11.1 Å². The van der Waals surface area contributed by atoms with Crippen LogP contribution in [-0.4, -0.2) is 47.3 Å². The number of anilines is 1. The van der Waals surface area contributed by atoms with Crippen LogP contribution in [-0.2, 0) is 38.6 Å². The molecule has 3 rings (SSSR count). The number of amides is 2. The number of carbonyl (C=O) groups excluding carboxylic acids is 2. The van der Waals surface area contributed by atoms with Gasteiger partial charge in [0.25, 0.3) is 0 Å². The fourth-order valence-electron chi connectivity index (χ4n) is 3.60. The highest BCUT2D eigenvalue weighted by Gasteiger charge is 2.34. The molecular weight excluding hydrogens is 481 g/mol. The summed E-state index contributed by atoms with van der Waals surface area (Å²) < 4.78 is 18.6. The van der Waals surface area contributed by atoms with E-state index >= 15 is 0 Å². The average molecular weight is 510 g/mol. The molecule has 0 saturated carbocycles. The first-order valence-corrected chi connectivity index (χ1v) is 11.4. The second-order valence-corrected chi connectivity index (χ2v) is 8.24. The van der Waals surface area contributed by atoms with Crippen molar-refractivity contribution in [2.45, 2.75) is 31.5 Å². The first-order chi connectivity index (χ1) is 17.8. The van der Waals surface area contributed by atoms with Crippen molar-refractivity contribution in [2.24, 2.45) is 0 Å². The fourth-order valence-corrected chi connectivity index (χ4v) is 3.60. The molecule has 2 atom stereocenters. The zero-order chi connectivity index (χ0) is 26.8. The Balaban J connectivity index is 1.81. The van der Waals surface area contributed by atoms with Crippen molar-refractivity contribution in [2.75, 3.05) is 12.8 Å². The molecule has 3 aromatic carbocycles. The summed E-state index contributed by atoms with van der Waals surface area (Å²) in [5.41, 5.74) is 8.16. The predicted molar refractivity (Wildman–Crippen MR) is 133 cm³/mol. The van der Waals surface area contributed by atoms with Gasteiger partial charge in [-0.1, -0.05) is 54.6 Å². The molecule has 4 N–H and O–H groups in total. The summed E-state index contributed by atoms with van der Waals surface area (Å²) in [6.45, 7) is -0.0575. The van der Waals surface area contributed by atoms with Crippen LogP contribution in [0.1, 0.15) is 16.7 Å². The van der Waals surface area contributed by atoms with E-state index in [4.69, 9.17) is 15.3 Å². The molecule has 0 aromatic heterocycles. The minimum Gasteiger partial charge on any atom is -0.480 e. The van der Waals surface area contributed by atoms with E-state index in [1.807, 2.05) is 6.07 Å². The third kappa shape index (κ3) is 8.04. The molecule has 0 saturated heterocycles. The molecule has 194 valence electrons. The van der Waals surface area contributed by atoms with Gasteiger partial charge in [-0.2, -0.15) is 5.06 Å². The summed E-state index contributed by atoms with van der Waals surface area (Å²) >= 11 is 0. The van der Waals surface area contributed by atoms with Gasteiger partial charge in [0.1, 0.15) is 24.5 Å². The van der Waals surface area contributed by atoms with E-state index < -0.39 is 35.9 Å². The topological polar surface area (TPSA) is 131 Å². The third-order valence-electron chi connectivity index (χ3n) is 5.54. The van der Waals surface area contributed by atoms with E-state index in [2.05, 4.69) is 5.32 Å². The molecule has 0 aliphatic carbocycles. The summed E-state index contributed by atoms with van der Waals surface area (Å²) in [6.07, 6.45) is -1.03. The second-order valence-electron chi connectivity index (χ2n) is 8.24. The Labute approximate surface area is 213 Å². The van der Waals surface area contributed by atoms with Gasteiger partial charge in [0.05, 0.1) is 7.11 Å². The summed E-state index contributed by atoms with van der Waals surface area (Å²) in [5, 5.41) is 13.0. The van der Waals surface area contributed by atoms with Crippen LogP contribution >= 0.6 is 0 Å². The molecule has 0 unspecified atom stereocenters. The number of carbonyl (C=O) groups is 3. The van der Waals surface area contributed by atoms with E-state index in [9.17, 15) is 23.9 Å². The minimum atomic E-state index is -1.34. The smallest absolute Gasteiger partial charge is 0.435 e. The molecule has 0 radical (unpaired) electrons. The summed E-state index contributed by atoms with van der Waals surface area (Å²) in [5.74, 6) is -2.53. The quantitative estimate of drug-likeness (QED) is 0.267. The number of ether oxygens (including phenoxy) is 1. The van der Waals surface area contributed by atoms with Crippen molar-refractivity contribution in [3.63, 3.8) is 0 Å². The highest BCUT2D eigenvalue weighted by atomic mass is 19.1. The summed E-state index contributed by atoms with van der Waals surface area (Å²) in [6, 6.07) is 18.3. The molecule has 0 aliphatic rings. The molecule has 2 amide bonds. The van der Waals surface area contributed by atoms with Crippen LogP contribution in [0.3, 0.4) is 0 Å². The molecule has 0 bridgehead atoms. The van der Waals surface area contributed by atoms with Crippen LogP contribution in [0.4, 0.5) is 14.9 Å². The summed E-state index contributed by atoms with van der Waals surface area (Å²) in [4.78, 5) is 43.4. The highest BCUT2D eigenvalue weighted by Crippen LogP contribution is 2.15. The largest absolute Gasteiger partial charge is 0.480 e. The maximum Gasteiger partial charge on any atom is 0.435 e. The number of aliphatic carboxylic acids is 1. The van der Waals surface area contributed by atoms with Gasteiger partial charge in [-0.25, -0.2) is 14.0 Å². The van der Waals surface area contributed by atoms with Crippen molar-refractivity contribution in [1.82, 2.24) is 10.4 Å². The third-order valence-corrected chi connectivity index (χ3v) is 5.54. The number of rotatable bonds is 11. The van der Waals surface area contributed by atoms with Crippen LogP contribution in [0.5, 0.6) is 0 Å². The first-order valence-electron chi connectivity index (χ1n) is 11.4. The normalized spacial score (nSPS) is 12.3. The zero-order valence-electron chi connectivity index (χ0n) is 20.2. The minimum absolute atomic E-state index is 0.0106. The highest BCUT2D eigenvalue weighted by molar-refractivity contribution is 5.89. The maximum atomic E-state index is 13.4. The molecule has 37 heavy (non-hydrogen) atoms. The number of hydroxylamine groups is 2. The number of hydrogen-bond acceptors (Lipinski definition) is 6. The van der Waals surface area contributed by atoms with Crippen molar-refractivity contribution in [3.05, 3.63) is 101 Å². The number of carboxylic acid groups (broad SMARTS) is 1. The second kappa shape index (κ2) is 13.0. The average Bonchev–Trinajstić information content (AvgIpc) is 2.89. The Morgan fingerprint density at radius 2 is 1.51 bits per heavy atom. The fraction of sp³-hybridized carbons (Fsp3) is 0.222. The van der Waals surface area contributed by atoms with E-state index in [-0.39, 0.29) is 19.4 Å². The lowest BCUT2D eigenvalue weighted by Crippen LogP contribution is -2.54. The number of nitrogens with two attached hydrogens (primary N) is 1. The molecule has 0 heterocycles. The lowest BCUT2D eigenvalue weighted by Gasteiger charge is -2.29. The number of benzene rings is 3. The van der Waals surface area contributed by atoms with Gasteiger partial charge in [-0.3, -0.25) is 9.63 Å². The molecule has 3 aromatic rings. The van der Waals surface area contributed by atoms with Gasteiger partial charge in [0.2, 0.25) is 5.91 Å². The lowest BCUT2D eigenvalue weighted by atomic mass is 10.0. The maximum absolute atomic E-state index is 13.4. The van der Waals surface area contributed by atoms with Crippen molar-refractivity contribution in [1.29, 1.82) is 0 Å². The Morgan fingerprint density at radius 1 is 0.919 bits per heavy atom. The molecular formula is C27H28FN3O6. The van der Waals surface area contributed by atoms with E-state index in [1.165, 1.54) is 31.4 Å². The van der Waals surface area contributed by atoms with Crippen LogP contribution in [0.15, 0.2) is 78.9 Å². The number of halogens is 1. The van der Waals surface area contributed by atoms with E-state index in [0.29, 0.717) is 16.8 Å². The van der Waals surface area contributed by atoms with Crippen LogP contribution in [0.2, 0.25) is 0 Å². The van der Waals surface area contributed by atoms with Gasteiger partial charge >= 0.3 is 12.1 Å². The summed E-state index contributed by atoms with van der Waals surface area (Å²) in [7, 11) is 1.21. The molecule has 0 aliphatic heterocycles. The number of hydrogen-bond donors (Lipinski definition) is 3. The Bertz CT molecular complexity index is 1190. The number of carboxylic acids is 1. The molecule has 10 heteroatoms. The van der Waals surface area contributed by atoms with Gasteiger partial charge in [-0.15, -0.1) is 0 Å². The van der Waals surface area contributed by atoms with Crippen molar-refractivity contribution >= 4 is 23.7 Å². The van der Waals surface area contributed by atoms with Gasteiger partial charge in [0, 0.05) is 18.5 Å². The molecule has 0 fully saturated rings. The van der Waals surface area contributed by atoms with Crippen LogP contribution in [0.25, 0.3) is 0 Å². The predicted octanol–water partition coefficient (Wildman–Crippen LogP) is 3.33. The Kier molecular flexibility index (Phi) is 9.56. The van der Waals surface area contributed by atoms with Gasteiger partial charge in [-0.05, 0) is 41.0 Å². The van der Waals surface area contributed by atoms with E-state index in [1.54, 1.807) is 48.5 Å². The molecule has 0 spiro atoms. The van der Waals surface area contributed by atoms with E-state index in [0.717, 1.165) is 10.6 Å². The van der Waals surface area contributed by atoms with Gasteiger partial charge < -0.3 is 20.9 Å². The van der Waals surface area contributed by atoms with Crippen LogP contribution in [0, 0.1) is 5.82 Å².